The van der Waals surface area contributed by atoms with Crippen molar-refractivity contribution in [3.8, 4) is 5.75 Å². The van der Waals surface area contributed by atoms with Crippen LogP contribution in [0, 0.1) is 6.92 Å². The van der Waals surface area contributed by atoms with Crippen LogP contribution < -0.4 is 10.9 Å². The maximum absolute atomic E-state index is 12.9. The van der Waals surface area contributed by atoms with Gasteiger partial charge in [-0.05, 0) is 34.9 Å². The molecule has 0 fully saturated rings. The molecule has 29 heavy (non-hydrogen) atoms. The summed E-state index contributed by atoms with van der Waals surface area (Å²) in [5.41, 5.74) is 2.26. The number of nitrogens with one attached hydrogen (secondary N) is 2. The van der Waals surface area contributed by atoms with E-state index in [2.05, 4.69) is 15.4 Å². The van der Waals surface area contributed by atoms with Crippen molar-refractivity contribution in [3.05, 3.63) is 57.1 Å². The second-order valence-corrected chi connectivity index (χ2v) is 9.48. The van der Waals surface area contributed by atoms with Gasteiger partial charge >= 0.3 is 0 Å². The third-order valence-corrected chi connectivity index (χ3v) is 4.87. The Morgan fingerprint density at radius 1 is 1.07 bits per heavy atom. The van der Waals surface area contributed by atoms with E-state index in [1.807, 2.05) is 54.5 Å². The molecular formula is C22H28N4O3. The van der Waals surface area contributed by atoms with Crippen LogP contribution in [0.25, 0.3) is 5.65 Å². The first-order chi connectivity index (χ1) is 13.3. The van der Waals surface area contributed by atoms with Crippen molar-refractivity contribution >= 4 is 17.2 Å². The highest BCUT2D eigenvalue weighted by Crippen LogP contribution is 2.39. The molecule has 1 aromatic carbocycles. The second kappa shape index (κ2) is 6.76. The van der Waals surface area contributed by atoms with Gasteiger partial charge in [0.25, 0.3) is 11.5 Å². The van der Waals surface area contributed by atoms with Crippen LogP contribution in [0.15, 0.2) is 29.2 Å². The SMILES string of the molecule is Cc1cc2ncc(C(=O)Nc3cc(O)c(C(C)(C)C)cc3C(C)(C)C)c(=O)n2[nH]1. The van der Waals surface area contributed by atoms with Crippen LogP contribution in [-0.4, -0.2) is 25.6 Å². The van der Waals surface area contributed by atoms with Crippen molar-refractivity contribution in [2.24, 2.45) is 0 Å². The number of amides is 1. The number of fused-ring (bicyclic) bond motifs is 1. The number of carbonyl (C=O) groups is 1. The van der Waals surface area contributed by atoms with E-state index in [-0.39, 0.29) is 22.1 Å². The Bertz CT molecular complexity index is 1160. The number of phenols is 1. The Labute approximate surface area is 169 Å². The highest BCUT2D eigenvalue weighted by atomic mass is 16.3. The number of anilines is 1. The number of aromatic amines is 1. The Kier molecular flexibility index (Phi) is 4.81. The summed E-state index contributed by atoms with van der Waals surface area (Å²) in [5, 5.41) is 16.2. The molecule has 7 nitrogen and oxygen atoms in total. The van der Waals surface area contributed by atoms with Gasteiger partial charge in [0, 0.05) is 29.7 Å². The number of nitrogens with zero attached hydrogens (tertiary/aromatic N) is 2. The van der Waals surface area contributed by atoms with E-state index >= 15 is 0 Å². The fourth-order valence-corrected chi connectivity index (χ4v) is 3.34. The molecule has 3 N–H and O–H groups in total. The van der Waals surface area contributed by atoms with Crippen molar-refractivity contribution in [2.45, 2.75) is 59.3 Å². The van der Waals surface area contributed by atoms with Gasteiger partial charge in [0.1, 0.15) is 11.3 Å². The number of aromatic nitrogens is 3. The number of aryl methyl sites for hydroxylation is 1. The van der Waals surface area contributed by atoms with E-state index in [1.54, 1.807) is 12.1 Å². The molecule has 0 radical (unpaired) electrons. The van der Waals surface area contributed by atoms with Gasteiger partial charge in [0.2, 0.25) is 0 Å². The predicted octanol–water partition coefficient (Wildman–Crippen LogP) is 3.88. The van der Waals surface area contributed by atoms with Gasteiger partial charge < -0.3 is 10.4 Å². The first-order valence-corrected chi connectivity index (χ1v) is 9.56. The molecule has 3 rings (SSSR count). The minimum atomic E-state index is -0.572. The highest BCUT2D eigenvalue weighted by molar-refractivity contribution is 6.04. The third-order valence-electron chi connectivity index (χ3n) is 4.87. The normalized spacial score (nSPS) is 12.4. The second-order valence-electron chi connectivity index (χ2n) is 9.48. The van der Waals surface area contributed by atoms with E-state index in [0.717, 1.165) is 16.8 Å². The molecule has 0 aliphatic heterocycles. The average molecular weight is 396 g/mol. The van der Waals surface area contributed by atoms with E-state index < -0.39 is 11.5 Å². The number of H-pyrrole nitrogens is 1. The minimum Gasteiger partial charge on any atom is -0.508 e. The standard InChI is InChI=1S/C22H28N4O3/c1-12-8-18-23-11-13(20(29)26(18)25-12)19(28)24-16-10-17(27)15(22(5,6)7)9-14(16)21(2,3)4/h8-11,25,27H,1-7H3,(H,24,28). The number of benzene rings is 1. The number of phenolic OH excluding ortho intramolecular Hbond substituents is 1. The topological polar surface area (TPSA) is 99.5 Å². The van der Waals surface area contributed by atoms with Crippen LogP contribution in [0.5, 0.6) is 5.75 Å². The lowest BCUT2D eigenvalue weighted by molar-refractivity contribution is 0.102. The molecule has 3 aromatic rings. The maximum Gasteiger partial charge on any atom is 0.285 e. The Morgan fingerprint density at radius 2 is 1.69 bits per heavy atom. The summed E-state index contributed by atoms with van der Waals surface area (Å²) in [5.74, 6) is -0.469. The lowest BCUT2D eigenvalue weighted by atomic mass is 9.79. The van der Waals surface area contributed by atoms with Crippen LogP contribution in [-0.2, 0) is 10.8 Å². The zero-order chi connectivity index (χ0) is 21.7. The molecule has 2 heterocycles. The minimum absolute atomic E-state index is 0.0800. The summed E-state index contributed by atoms with van der Waals surface area (Å²) >= 11 is 0. The monoisotopic (exact) mass is 396 g/mol. The van der Waals surface area contributed by atoms with Crippen LogP contribution in [0.1, 0.15) is 68.7 Å². The van der Waals surface area contributed by atoms with Gasteiger partial charge in [-0.3, -0.25) is 14.7 Å². The van der Waals surface area contributed by atoms with Crippen molar-refractivity contribution in [2.75, 3.05) is 5.32 Å². The molecule has 0 saturated carbocycles. The molecule has 154 valence electrons. The summed E-state index contributed by atoms with van der Waals surface area (Å²) in [7, 11) is 0. The average Bonchev–Trinajstić information content (AvgIpc) is 2.94. The van der Waals surface area contributed by atoms with Gasteiger partial charge in [-0.1, -0.05) is 41.5 Å². The molecule has 0 spiro atoms. The molecular weight excluding hydrogens is 368 g/mol. The van der Waals surface area contributed by atoms with E-state index in [1.165, 1.54) is 10.7 Å². The molecule has 0 unspecified atom stereocenters. The van der Waals surface area contributed by atoms with Crippen LogP contribution >= 0.6 is 0 Å². The maximum atomic E-state index is 12.9. The zero-order valence-corrected chi connectivity index (χ0v) is 18.0. The van der Waals surface area contributed by atoms with Gasteiger partial charge in [-0.15, -0.1) is 0 Å². The lowest BCUT2D eigenvalue weighted by Crippen LogP contribution is -2.28. The van der Waals surface area contributed by atoms with E-state index in [9.17, 15) is 14.7 Å². The number of hydrogen-bond donors (Lipinski definition) is 3. The molecule has 0 aliphatic carbocycles. The van der Waals surface area contributed by atoms with Crippen molar-refractivity contribution in [1.29, 1.82) is 0 Å². The Balaban J connectivity index is 2.08. The number of aromatic hydroxyl groups is 1. The summed E-state index contributed by atoms with van der Waals surface area (Å²) in [6.07, 6.45) is 1.28. The fourth-order valence-electron chi connectivity index (χ4n) is 3.34. The number of rotatable bonds is 2. The largest absolute Gasteiger partial charge is 0.508 e. The van der Waals surface area contributed by atoms with Gasteiger partial charge in [-0.2, -0.15) is 0 Å². The molecule has 7 heteroatoms. The number of hydrogen-bond acceptors (Lipinski definition) is 4. The highest BCUT2D eigenvalue weighted by Gasteiger charge is 2.26. The predicted molar refractivity (Wildman–Crippen MR) is 114 cm³/mol. The fraction of sp³-hybridized carbons (Fsp3) is 0.409. The van der Waals surface area contributed by atoms with Crippen molar-refractivity contribution < 1.29 is 9.90 Å². The van der Waals surface area contributed by atoms with Crippen molar-refractivity contribution in [1.82, 2.24) is 14.6 Å². The Hall–Kier alpha value is -3.09. The van der Waals surface area contributed by atoms with E-state index in [0.29, 0.717) is 11.3 Å². The van der Waals surface area contributed by atoms with Crippen molar-refractivity contribution in [3.63, 3.8) is 0 Å². The van der Waals surface area contributed by atoms with Crippen LogP contribution in [0.4, 0.5) is 5.69 Å². The number of carbonyl (C=O) groups excluding carboxylic acids is 1. The summed E-state index contributed by atoms with van der Waals surface area (Å²) in [6.45, 7) is 14.0. The summed E-state index contributed by atoms with van der Waals surface area (Å²) < 4.78 is 1.25. The van der Waals surface area contributed by atoms with Gasteiger partial charge in [0.05, 0.1) is 0 Å². The first kappa shape index (κ1) is 20.6. The van der Waals surface area contributed by atoms with E-state index in [4.69, 9.17) is 0 Å². The molecule has 0 saturated heterocycles. The third kappa shape index (κ3) is 3.90. The Morgan fingerprint density at radius 3 is 2.28 bits per heavy atom. The smallest absolute Gasteiger partial charge is 0.285 e. The first-order valence-electron chi connectivity index (χ1n) is 9.56. The summed E-state index contributed by atoms with van der Waals surface area (Å²) in [6, 6.07) is 5.21. The summed E-state index contributed by atoms with van der Waals surface area (Å²) in [4.78, 5) is 29.8. The molecule has 0 atom stereocenters. The van der Waals surface area contributed by atoms with Crippen LogP contribution in [0.3, 0.4) is 0 Å². The molecule has 0 bridgehead atoms. The zero-order valence-electron chi connectivity index (χ0n) is 18.0. The molecule has 1 amide bonds. The van der Waals surface area contributed by atoms with Crippen LogP contribution in [0.2, 0.25) is 0 Å². The quantitative estimate of drug-likeness (QED) is 0.612. The lowest BCUT2D eigenvalue weighted by Gasteiger charge is -2.28. The molecule has 2 aromatic heterocycles. The molecule has 0 aliphatic rings. The van der Waals surface area contributed by atoms with Gasteiger partial charge in [-0.25, -0.2) is 9.50 Å². The van der Waals surface area contributed by atoms with Gasteiger partial charge in [0.15, 0.2) is 5.65 Å².